The van der Waals surface area contributed by atoms with Crippen LogP contribution in [-0.2, 0) is 22.4 Å². The standard InChI is InChI=1S/C23H23ClN4O2/c1-3-14-7-5-6-8-18(14)25-20(29)13-19-23(30)26-22-21(17(4-2)27-28(19)22)15-9-11-16(24)12-10-15/h5-12,19H,3-4,13H2,1-2H3,(H,25,29)(H,26,30). The molecule has 0 bridgehead atoms. The number of fused-ring (bicyclic) bond motifs is 1. The normalized spacial score (nSPS) is 15.0. The van der Waals surface area contributed by atoms with Gasteiger partial charge in [-0.1, -0.05) is 55.8 Å². The Morgan fingerprint density at radius 3 is 2.57 bits per heavy atom. The van der Waals surface area contributed by atoms with E-state index in [9.17, 15) is 9.59 Å². The maximum atomic E-state index is 12.7. The molecule has 1 aliphatic heterocycles. The summed E-state index contributed by atoms with van der Waals surface area (Å²) in [6.45, 7) is 4.05. The SMILES string of the molecule is CCc1ccccc1NC(=O)CC1C(=O)Nc2c(-c3ccc(Cl)cc3)c(CC)nn21. The molecule has 0 radical (unpaired) electrons. The zero-order valence-electron chi connectivity index (χ0n) is 16.9. The molecule has 154 valence electrons. The molecule has 2 aromatic carbocycles. The van der Waals surface area contributed by atoms with Gasteiger partial charge in [-0.15, -0.1) is 0 Å². The molecule has 0 saturated carbocycles. The summed E-state index contributed by atoms with van der Waals surface area (Å²) in [7, 11) is 0. The second-order valence-corrected chi connectivity index (χ2v) is 7.68. The third kappa shape index (κ3) is 3.71. The van der Waals surface area contributed by atoms with E-state index in [1.807, 2.05) is 62.4 Å². The molecule has 0 fully saturated rings. The van der Waals surface area contributed by atoms with Crippen LogP contribution in [0.5, 0.6) is 0 Å². The van der Waals surface area contributed by atoms with E-state index in [-0.39, 0.29) is 18.2 Å². The van der Waals surface area contributed by atoms with Crippen molar-refractivity contribution in [2.24, 2.45) is 0 Å². The number of benzene rings is 2. The van der Waals surface area contributed by atoms with Crippen molar-refractivity contribution in [1.29, 1.82) is 0 Å². The van der Waals surface area contributed by atoms with Crippen LogP contribution in [0.1, 0.15) is 37.6 Å². The number of anilines is 2. The second-order valence-electron chi connectivity index (χ2n) is 7.24. The number of nitrogens with one attached hydrogen (secondary N) is 2. The average Bonchev–Trinajstić information content (AvgIpc) is 3.24. The van der Waals surface area contributed by atoms with Gasteiger partial charge in [0.25, 0.3) is 5.91 Å². The number of hydrogen-bond donors (Lipinski definition) is 2. The fourth-order valence-corrected chi connectivity index (χ4v) is 3.94. The Morgan fingerprint density at radius 2 is 1.87 bits per heavy atom. The zero-order chi connectivity index (χ0) is 21.3. The van der Waals surface area contributed by atoms with E-state index >= 15 is 0 Å². The van der Waals surface area contributed by atoms with Gasteiger partial charge in [-0.05, 0) is 42.2 Å². The topological polar surface area (TPSA) is 76.0 Å². The van der Waals surface area contributed by atoms with Gasteiger partial charge in [0.1, 0.15) is 11.9 Å². The van der Waals surface area contributed by atoms with Gasteiger partial charge >= 0.3 is 0 Å². The first-order valence-electron chi connectivity index (χ1n) is 10.1. The molecule has 3 aromatic rings. The van der Waals surface area contributed by atoms with E-state index in [1.165, 1.54) is 0 Å². The van der Waals surface area contributed by atoms with Gasteiger partial charge in [-0.3, -0.25) is 9.59 Å². The van der Waals surface area contributed by atoms with Crippen LogP contribution < -0.4 is 10.6 Å². The first-order valence-corrected chi connectivity index (χ1v) is 10.5. The van der Waals surface area contributed by atoms with Crippen molar-refractivity contribution < 1.29 is 9.59 Å². The molecule has 2 N–H and O–H groups in total. The Hall–Kier alpha value is -3.12. The predicted molar refractivity (Wildman–Crippen MR) is 119 cm³/mol. The minimum absolute atomic E-state index is 0.0156. The summed E-state index contributed by atoms with van der Waals surface area (Å²) in [6, 6.07) is 14.4. The van der Waals surface area contributed by atoms with Crippen molar-refractivity contribution in [3.8, 4) is 11.1 Å². The first-order chi connectivity index (χ1) is 14.5. The molecule has 1 aliphatic rings. The van der Waals surface area contributed by atoms with Gasteiger partial charge in [0.15, 0.2) is 0 Å². The highest BCUT2D eigenvalue weighted by atomic mass is 35.5. The van der Waals surface area contributed by atoms with Gasteiger partial charge in [-0.25, -0.2) is 4.68 Å². The van der Waals surface area contributed by atoms with E-state index < -0.39 is 6.04 Å². The lowest BCUT2D eigenvalue weighted by atomic mass is 10.0. The van der Waals surface area contributed by atoms with Crippen molar-refractivity contribution in [2.75, 3.05) is 10.6 Å². The number of halogens is 1. The van der Waals surface area contributed by atoms with E-state index in [1.54, 1.807) is 4.68 Å². The van der Waals surface area contributed by atoms with Crippen LogP contribution in [0.3, 0.4) is 0 Å². The highest BCUT2D eigenvalue weighted by molar-refractivity contribution is 6.30. The highest BCUT2D eigenvalue weighted by Crippen LogP contribution is 2.39. The van der Waals surface area contributed by atoms with Crippen molar-refractivity contribution in [3.63, 3.8) is 0 Å². The Balaban J connectivity index is 1.61. The minimum Gasteiger partial charge on any atom is -0.326 e. The molecule has 1 aromatic heterocycles. The average molecular weight is 423 g/mol. The largest absolute Gasteiger partial charge is 0.326 e. The fraction of sp³-hybridized carbons (Fsp3) is 0.261. The Bertz CT molecular complexity index is 1100. The number of amides is 2. The molecule has 2 heterocycles. The number of nitrogens with zero attached hydrogens (tertiary/aromatic N) is 2. The number of aromatic nitrogens is 2. The Morgan fingerprint density at radius 1 is 1.13 bits per heavy atom. The summed E-state index contributed by atoms with van der Waals surface area (Å²) in [5.74, 6) is 0.186. The molecule has 30 heavy (non-hydrogen) atoms. The number of hydrogen-bond acceptors (Lipinski definition) is 3. The smallest absolute Gasteiger partial charge is 0.251 e. The summed E-state index contributed by atoms with van der Waals surface area (Å²) in [4.78, 5) is 25.4. The molecule has 0 spiro atoms. The summed E-state index contributed by atoms with van der Waals surface area (Å²) in [5, 5.41) is 11.2. The molecule has 2 amide bonds. The van der Waals surface area contributed by atoms with Gasteiger partial charge in [0, 0.05) is 16.3 Å². The summed E-state index contributed by atoms with van der Waals surface area (Å²) >= 11 is 6.02. The number of carbonyl (C=O) groups excluding carboxylic acids is 2. The summed E-state index contributed by atoms with van der Waals surface area (Å²) < 4.78 is 1.65. The lowest BCUT2D eigenvalue weighted by molar-refractivity contribution is -0.123. The first kappa shape index (κ1) is 20.2. The quantitative estimate of drug-likeness (QED) is 0.596. The Labute approximate surface area is 180 Å². The third-order valence-electron chi connectivity index (χ3n) is 5.34. The van der Waals surface area contributed by atoms with Crippen LogP contribution in [-0.4, -0.2) is 21.6 Å². The lowest BCUT2D eigenvalue weighted by Gasteiger charge is -2.12. The predicted octanol–water partition coefficient (Wildman–Crippen LogP) is 4.85. The van der Waals surface area contributed by atoms with Crippen molar-refractivity contribution in [1.82, 2.24) is 9.78 Å². The highest BCUT2D eigenvalue weighted by Gasteiger charge is 2.36. The van der Waals surface area contributed by atoms with E-state index in [0.29, 0.717) is 17.3 Å². The van der Waals surface area contributed by atoms with Gasteiger partial charge in [0.05, 0.1) is 12.1 Å². The van der Waals surface area contributed by atoms with E-state index in [0.717, 1.165) is 34.5 Å². The minimum atomic E-state index is -0.680. The Kier molecular flexibility index (Phi) is 5.59. The molecule has 6 nitrogen and oxygen atoms in total. The molecule has 1 unspecified atom stereocenters. The van der Waals surface area contributed by atoms with Crippen molar-refractivity contribution in [3.05, 3.63) is 64.8 Å². The van der Waals surface area contributed by atoms with Gasteiger partial charge in [0.2, 0.25) is 5.91 Å². The number of rotatable bonds is 6. The monoisotopic (exact) mass is 422 g/mol. The van der Waals surface area contributed by atoms with Crippen LogP contribution in [0, 0.1) is 0 Å². The van der Waals surface area contributed by atoms with Crippen LogP contribution in [0.4, 0.5) is 11.5 Å². The number of carbonyl (C=O) groups is 2. The molecular formula is C23H23ClN4O2. The van der Waals surface area contributed by atoms with Crippen LogP contribution in [0.2, 0.25) is 5.02 Å². The molecule has 7 heteroatoms. The number of para-hydroxylation sites is 1. The van der Waals surface area contributed by atoms with Crippen LogP contribution in [0.25, 0.3) is 11.1 Å². The molecule has 4 rings (SSSR count). The van der Waals surface area contributed by atoms with Crippen molar-refractivity contribution in [2.45, 2.75) is 39.2 Å². The lowest BCUT2D eigenvalue weighted by Crippen LogP contribution is -2.24. The molecular weight excluding hydrogens is 400 g/mol. The third-order valence-corrected chi connectivity index (χ3v) is 5.59. The van der Waals surface area contributed by atoms with E-state index in [4.69, 9.17) is 11.6 Å². The van der Waals surface area contributed by atoms with Crippen LogP contribution in [0.15, 0.2) is 48.5 Å². The molecule has 0 saturated heterocycles. The maximum absolute atomic E-state index is 12.7. The maximum Gasteiger partial charge on any atom is 0.251 e. The fourth-order valence-electron chi connectivity index (χ4n) is 3.81. The van der Waals surface area contributed by atoms with E-state index in [2.05, 4.69) is 15.7 Å². The van der Waals surface area contributed by atoms with Gasteiger partial charge < -0.3 is 10.6 Å². The summed E-state index contributed by atoms with van der Waals surface area (Å²) in [6.07, 6.45) is 1.53. The summed E-state index contributed by atoms with van der Waals surface area (Å²) in [5.41, 5.74) is 4.51. The molecule has 0 aliphatic carbocycles. The molecule has 1 atom stereocenters. The van der Waals surface area contributed by atoms with Crippen molar-refractivity contribution >= 4 is 34.9 Å². The van der Waals surface area contributed by atoms with Crippen LogP contribution >= 0.6 is 11.6 Å². The van der Waals surface area contributed by atoms with Gasteiger partial charge in [-0.2, -0.15) is 5.10 Å². The zero-order valence-corrected chi connectivity index (χ0v) is 17.7. The number of aryl methyl sites for hydroxylation is 2. The second kappa shape index (κ2) is 8.32.